The molecule has 0 amide bonds. The van der Waals surface area contributed by atoms with Crippen molar-refractivity contribution in [3.63, 3.8) is 0 Å². The van der Waals surface area contributed by atoms with Crippen LogP contribution in [0.2, 0.25) is 0 Å². The lowest BCUT2D eigenvalue weighted by molar-refractivity contribution is -0.192. The van der Waals surface area contributed by atoms with E-state index in [0.717, 1.165) is 10.0 Å². The summed E-state index contributed by atoms with van der Waals surface area (Å²) in [6.45, 7) is 2.05. The Labute approximate surface area is 211 Å². The molecule has 208 valence electrons. The minimum Gasteiger partial charge on any atom is -0.475 e. The van der Waals surface area contributed by atoms with Crippen molar-refractivity contribution >= 4 is 37.0 Å². The summed E-state index contributed by atoms with van der Waals surface area (Å²) in [5.41, 5.74) is -4.67. The highest BCUT2D eigenvalue weighted by molar-refractivity contribution is 7.90. The zero-order valence-corrected chi connectivity index (χ0v) is 20.7. The molecule has 0 bridgehead atoms. The predicted octanol–water partition coefficient (Wildman–Crippen LogP) is 3.95. The first-order valence-electron chi connectivity index (χ1n) is 10.4. The van der Waals surface area contributed by atoms with Gasteiger partial charge in [-0.1, -0.05) is 18.2 Å². The quantitative estimate of drug-likeness (QED) is 0.266. The maximum Gasteiger partial charge on any atom is 0.534 e. The molecule has 1 aliphatic heterocycles. The average molecular weight is 589 g/mol. The Morgan fingerprint density at radius 3 is 2.13 bits per heavy atom. The van der Waals surface area contributed by atoms with Gasteiger partial charge < -0.3 is 14.6 Å². The van der Waals surface area contributed by atoms with Crippen LogP contribution in [0.3, 0.4) is 0 Å². The molecule has 2 N–H and O–H groups in total. The van der Waals surface area contributed by atoms with E-state index in [1.807, 2.05) is 0 Å². The Bertz CT molecular complexity index is 1570. The molecule has 0 saturated carbocycles. The largest absolute Gasteiger partial charge is 0.534 e. The van der Waals surface area contributed by atoms with Crippen molar-refractivity contribution < 1.29 is 57.3 Å². The summed E-state index contributed by atoms with van der Waals surface area (Å²) < 4.78 is 125. The van der Waals surface area contributed by atoms with Gasteiger partial charge in [0.05, 0.1) is 10.4 Å². The third-order valence-corrected chi connectivity index (χ3v) is 7.97. The summed E-state index contributed by atoms with van der Waals surface area (Å²) in [5, 5.41) is 10.6. The van der Waals surface area contributed by atoms with Gasteiger partial charge in [0.1, 0.15) is 5.75 Å². The van der Waals surface area contributed by atoms with Crippen molar-refractivity contribution in [1.82, 2.24) is 9.29 Å². The van der Waals surface area contributed by atoms with Crippen LogP contribution in [0, 0.1) is 0 Å². The Morgan fingerprint density at radius 2 is 1.61 bits per heavy atom. The van der Waals surface area contributed by atoms with Crippen LogP contribution in [-0.4, -0.2) is 50.1 Å². The summed E-state index contributed by atoms with van der Waals surface area (Å²) in [7, 11) is -9.88. The van der Waals surface area contributed by atoms with Gasteiger partial charge in [-0.25, -0.2) is 17.2 Å². The predicted molar refractivity (Wildman–Crippen MR) is 120 cm³/mol. The number of carboxylic acids is 1. The number of benzene rings is 2. The topological polar surface area (TPSA) is 132 Å². The molecule has 3 aromatic rings. The summed E-state index contributed by atoms with van der Waals surface area (Å²) in [4.78, 5) is 8.94. The molecule has 0 spiro atoms. The molecule has 1 unspecified atom stereocenters. The molecule has 17 heteroatoms. The molecule has 9 nitrogen and oxygen atoms in total. The van der Waals surface area contributed by atoms with Gasteiger partial charge in [-0.3, -0.25) is 0 Å². The van der Waals surface area contributed by atoms with E-state index in [2.05, 4.69) is 9.50 Å². The number of halogens is 6. The first kappa shape index (κ1) is 29.2. The minimum absolute atomic E-state index is 0.0446. The first-order valence-corrected chi connectivity index (χ1v) is 13.2. The molecule has 0 fully saturated rings. The van der Waals surface area contributed by atoms with E-state index >= 15 is 0 Å². The number of aromatic nitrogens is 1. The Balaban J connectivity index is 0.000000505. The normalized spacial score (nSPS) is 16.3. The Morgan fingerprint density at radius 1 is 1.03 bits per heavy atom. The van der Waals surface area contributed by atoms with Gasteiger partial charge >= 0.3 is 27.8 Å². The number of hydrogen-bond donors (Lipinski definition) is 2. The molecule has 4 rings (SSSR count). The number of rotatable bonds is 4. The highest BCUT2D eigenvalue weighted by Crippen LogP contribution is 2.40. The number of carboxylic acid groups (broad SMARTS) is 1. The van der Waals surface area contributed by atoms with Crippen molar-refractivity contribution in [2.75, 3.05) is 6.54 Å². The van der Waals surface area contributed by atoms with Crippen LogP contribution >= 0.6 is 0 Å². The number of hydrogen-bond acceptors (Lipinski definition) is 7. The fourth-order valence-corrected chi connectivity index (χ4v) is 5.56. The van der Waals surface area contributed by atoms with Crippen LogP contribution in [0.25, 0.3) is 10.9 Å². The van der Waals surface area contributed by atoms with Crippen LogP contribution in [0.15, 0.2) is 53.6 Å². The lowest BCUT2D eigenvalue weighted by Crippen LogP contribution is -2.29. The molecular formula is C21H18F6N2O7S2. The van der Waals surface area contributed by atoms with Crippen LogP contribution in [-0.2, 0) is 31.4 Å². The van der Waals surface area contributed by atoms with E-state index in [1.165, 1.54) is 24.4 Å². The Hall–Kier alpha value is -3.31. The summed E-state index contributed by atoms with van der Waals surface area (Å²) >= 11 is 0. The van der Waals surface area contributed by atoms with Gasteiger partial charge in [-0.15, -0.1) is 0 Å². The molecule has 0 aliphatic carbocycles. The first-order chi connectivity index (χ1) is 17.4. The molecule has 1 atom stereocenters. The number of nitrogens with zero attached hydrogens (tertiary/aromatic N) is 1. The van der Waals surface area contributed by atoms with E-state index < -0.39 is 49.6 Å². The monoisotopic (exact) mass is 588 g/mol. The minimum atomic E-state index is -5.89. The zero-order valence-electron chi connectivity index (χ0n) is 19.0. The zero-order chi connectivity index (χ0) is 28.7. The second-order valence-corrected chi connectivity index (χ2v) is 11.2. The third-order valence-electron chi connectivity index (χ3n) is 5.32. The van der Waals surface area contributed by atoms with Crippen molar-refractivity contribution in [2.45, 2.75) is 36.0 Å². The molecule has 1 aliphatic rings. The number of nitrogens with one attached hydrogen (secondary N) is 1. The van der Waals surface area contributed by atoms with Crippen LogP contribution in [0.4, 0.5) is 26.3 Å². The fraction of sp³-hybridized carbons (Fsp3) is 0.286. The maximum atomic E-state index is 13.2. The van der Waals surface area contributed by atoms with Crippen molar-refractivity contribution in [3.05, 3.63) is 59.8 Å². The van der Waals surface area contributed by atoms with E-state index in [-0.39, 0.29) is 16.0 Å². The lowest BCUT2D eigenvalue weighted by Gasteiger charge is -2.18. The third kappa shape index (κ3) is 5.73. The number of carbonyl (C=O) groups is 1. The van der Waals surface area contributed by atoms with E-state index in [9.17, 15) is 43.2 Å². The molecule has 0 saturated heterocycles. The van der Waals surface area contributed by atoms with Crippen LogP contribution in [0.1, 0.15) is 24.1 Å². The van der Waals surface area contributed by atoms with Crippen LogP contribution < -0.4 is 9.50 Å². The molecular weight excluding hydrogens is 570 g/mol. The van der Waals surface area contributed by atoms with E-state index in [0.29, 0.717) is 23.9 Å². The van der Waals surface area contributed by atoms with Crippen molar-refractivity contribution in [1.29, 1.82) is 0 Å². The molecule has 2 aromatic carbocycles. The van der Waals surface area contributed by atoms with Gasteiger partial charge in [-0.05, 0) is 49.7 Å². The number of aliphatic carboxylic acids is 1. The summed E-state index contributed by atoms with van der Waals surface area (Å²) in [5.74, 6) is -3.25. The van der Waals surface area contributed by atoms with Crippen molar-refractivity contribution in [3.8, 4) is 5.75 Å². The average Bonchev–Trinajstić information content (AvgIpc) is 3.08. The fourth-order valence-electron chi connectivity index (χ4n) is 3.67. The van der Waals surface area contributed by atoms with Crippen LogP contribution in [0.5, 0.6) is 5.75 Å². The van der Waals surface area contributed by atoms with Gasteiger partial charge in [0.25, 0.3) is 10.0 Å². The van der Waals surface area contributed by atoms with E-state index in [1.54, 1.807) is 25.1 Å². The maximum absolute atomic E-state index is 13.2. The number of alkyl halides is 6. The second-order valence-electron chi connectivity index (χ2n) is 7.85. The standard InChI is InChI=1S/C19H17F3N2O5S2.C2HF3O2/c1-12-17-16(29-31(27,28)19(20,21)22)8-7-15-18(17)13(9-10-23-12)11-24(15)30(25,26)14-5-3-2-4-6-14;3-2(4,5)1(6)7/h2-8,11-12,23H,9-10H2,1H3;(H,6,7). The van der Waals surface area contributed by atoms with E-state index in [4.69, 9.17) is 9.90 Å². The Kier molecular flexibility index (Phi) is 7.78. The smallest absolute Gasteiger partial charge is 0.475 e. The second kappa shape index (κ2) is 10.1. The lowest BCUT2D eigenvalue weighted by atomic mass is 10.0. The summed E-state index contributed by atoms with van der Waals surface area (Å²) in [6, 6.07) is 9.41. The van der Waals surface area contributed by atoms with Gasteiger partial charge in [0.2, 0.25) is 0 Å². The molecule has 2 heterocycles. The van der Waals surface area contributed by atoms with Gasteiger partial charge in [0.15, 0.2) is 0 Å². The molecule has 0 radical (unpaired) electrons. The van der Waals surface area contributed by atoms with Gasteiger partial charge in [-0.2, -0.15) is 34.8 Å². The van der Waals surface area contributed by atoms with Crippen molar-refractivity contribution in [2.24, 2.45) is 0 Å². The SMILES string of the molecule is CC1NCCc2cn(S(=O)(=O)c3ccccc3)c3ccc(OS(=O)(=O)C(F)(F)F)c1c23.O=C(O)C(F)(F)F. The highest BCUT2D eigenvalue weighted by Gasteiger charge is 2.49. The van der Waals surface area contributed by atoms with Gasteiger partial charge in [0, 0.05) is 23.2 Å². The highest BCUT2D eigenvalue weighted by atomic mass is 32.2. The molecule has 38 heavy (non-hydrogen) atoms. The summed E-state index contributed by atoms with van der Waals surface area (Å²) in [6.07, 6.45) is -3.28. The molecule has 1 aromatic heterocycles.